The van der Waals surface area contributed by atoms with Gasteiger partial charge in [-0.25, -0.2) is 0 Å². The molecule has 0 saturated heterocycles. The Morgan fingerprint density at radius 3 is 2.19 bits per heavy atom. The zero-order valence-corrected chi connectivity index (χ0v) is 17.5. The summed E-state index contributed by atoms with van der Waals surface area (Å²) in [5, 5.41) is 9.15. The van der Waals surface area contributed by atoms with E-state index >= 15 is 0 Å². The molecule has 0 aliphatic heterocycles. The molecular formula is C25H25NO5. The summed E-state index contributed by atoms with van der Waals surface area (Å²) in [5.74, 6) is 0.128. The van der Waals surface area contributed by atoms with E-state index in [9.17, 15) is 9.59 Å². The van der Waals surface area contributed by atoms with Crippen molar-refractivity contribution in [2.24, 2.45) is 0 Å². The van der Waals surface area contributed by atoms with E-state index in [1.165, 1.54) is 4.90 Å². The molecule has 3 aromatic carbocycles. The van der Waals surface area contributed by atoms with Crippen LogP contribution in [0.2, 0.25) is 0 Å². The monoisotopic (exact) mass is 419 g/mol. The molecule has 3 rings (SSSR count). The summed E-state index contributed by atoms with van der Waals surface area (Å²) in [6.45, 7) is 0.348. The predicted octanol–water partition coefficient (Wildman–Crippen LogP) is 4.70. The van der Waals surface area contributed by atoms with Gasteiger partial charge in [-0.3, -0.25) is 9.59 Å². The van der Waals surface area contributed by atoms with Crippen LogP contribution in [0, 0.1) is 0 Å². The van der Waals surface area contributed by atoms with Gasteiger partial charge in [-0.2, -0.15) is 0 Å². The number of carboxylic acids is 1. The molecular weight excluding hydrogens is 394 g/mol. The topological polar surface area (TPSA) is 76.1 Å². The van der Waals surface area contributed by atoms with Crippen molar-refractivity contribution < 1.29 is 24.2 Å². The first-order valence-electron chi connectivity index (χ1n) is 9.90. The van der Waals surface area contributed by atoms with E-state index in [4.69, 9.17) is 14.6 Å². The fourth-order valence-electron chi connectivity index (χ4n) is 3.12. The summed E-state index contributed by atoms with van der Waals surface area (Å²) in [5.41, 5.74) is 1.59. The molecule has 3 aromatic rings. The smallest absolute Gasteiger partial charge is 0.304 e. The normalized spacial score (nSPS) is 11.4. The van der Waals surface area contributed by atoms with Crippen LogP contribution in [0.15, 0.2) is 78.9 Å². The van der Waals surface area contributed by atoms with Crippen LogP contribution in [0.25, 0.3) is 0 Å². The molecule has 160 valence electrons. The van der Waals surface area contributed by atoms with Gasteiger partial charge in [0.2, 0.25) is 5.91 Å². The second kappa shape index (κ2) is 10.3. The fraction of sp³-hybridized carbons (Fsp3) is 0.200. The highest BCUT2D eigenvalue weighted by Crippen LogP contribution is 2.26. The van der Waals surface area contributed by atoms with Gasteiger partial charge in [-0.05, 0) is 47.5 Å². The van der Waals surface area contributed by atoms with Crippen molar-refractivity contribution in [1.82, 2.24) is 4.90 Å². The zero-order valence-electron chi connectivity index (χ0n) is 17.5. The summed E-state index contributed by atoms with van der Waals surface area (Å²) in [7, 11) is 3.23. The molecule has 0 unspecified atom stereocenters. The number of amides is 1. The third-order valence-electron chi connectivity index (χ3n) is 4.68. The van der Waals surface area contributed by atoms with Crippen molar-refractivity contribution >= 4 is 11.9 Å². The number of carboxylic acid groups (broad SMARTS) is 1. The van der Waals surface area contributed by atoms with Crippen LogP contribution in [-0.4, -0.2) is 36.0 Å². The van der Waals surface area contributed by atoms with Crippen molar-refractivity contribution in [3.8, 4) is 17.2 Å². The Kier molecular flexibility index (Phi) is 7.27. The van der Waals surface area contributed by atoms with E-state index < -0.39 is 11.9 Å². The van der Waals surface area contributed by atoms with Crippen LogP contribution in [0.1, 0.15) is 23.5 Å². The molecule has 1 N–H and O–H groups in total. The number of hydrogen-bond donors (Lipinski definition) is 1. The lowest BCUT2D eigenvalue weighted by Gasteiger charge is -2.19. The first kappa shape index (κ1) is 21.9. The van der Waals surface area contributed by atoms with E-state index in [2.05, 4.69) is 0 Å². The highest BCUT2D eigenvalue weighted by molar-refractivity contribution is 5.87. The van der Waals surface area contributed by atoms with Crippen molar-refractivity contribution in [3.63, 3.8) is 0 Å². The number of carbonyl (C=O) groups excluding carboxylic acids is 1. The number of hydrogen-bond acceptors (Lipinski definition) is 4. The summed E-state index contributed by atoms with van der Waals surface area (Å²) < 4.78 is 11.7. The molecule has 0 bridgehead atoms. The Balaban J connectivity index is 1.64. The molecule has 0 radical (unpaired) electrons. The van der Waals surface area contributed by atoms with E-state index in [0.717, 1.165) is 17.1 Å². The van der Waals surface area contributed by atoms with E-state index in [0.29, 0.717) is 17.9 Å². The second-order valence-corrected chi connectivity index (χ2v) is 7.30. The Morgan fingerprint density at radius 2 is 1.55 bits per heavy atom. The standard InChI is InChI=1S/C25H25NO5/c1-26(2)25(29)23(16-24(27)28)19-11-13-20(14-12-19)30-17-18-7-6-10-22(15-18)31-21-8-4-3-5-9-21/h3-15,23H,16-17H2,1-2H3,(H,27,28)/t23-/m0/s1. The average molecular weight is 419 g/mol. The van der Waals surface area contributed by atoms with Crippen LogP contribution in [-0.2, 0) is 16.2 Å². The Labute approximate surface area is 181 Å². The minimum Gasteiger partial charge on any atom is -0.489 e. The molecule has 6 nitrogen and oxygen atoms in total. The molecule has 0 heterocycles. The third-order valence-corrected chi connectivity index (χ3v) is 4.68. The van der Waals surface area contributed by atoms with Crippen LogP contribution in [0.5, 0.6) is 17.2 Å². The summed E-state index contributed by atoms with van der Waals surface area (Å²) in [6, 6.07) is 24.2. The van der Waals surface area contributed by atoms with Crippen LogP contribution in [0.3, 0.4) is 0 Å². The lowest BCUT2D eigenvalue weighted by atomic mass is 9.94. The molecule has 1 atom stereocenters. The quantitative estimate of drug-likeness (QED) is 0.544. The van der Waals surface area contributed by atoms with Crippen LogP contribution < -0.4 is 9.47 Å². The first-order chi connectivity index (χ1) is 14.9. The summed E-state index contributed by atoms with van der Waals surface area (Å²) >= 11 is 0. The summed E-state index contributed by atoms with van der Waals surface area (Å²) in [6.07, 6.45) is -0.259. The van der Waals surface area contributed by atoms with Crippen molar-refractivity contribution in [2.45, 2.75) is 18.9 Å². The van der Waals surface area contributed by atoms with Crippen molar-refractivity contribution in [1.29, 1.82) is 0 Å². The van der Waals surface area contributed by atoms with Crippen molar-refractivity contribution in [2.75, 3.05) is 14.1 Å². The molecule has 0 fully saturated rings. The number of aliphatic carboxylic acids is 1. The number of rotatable bonds is 9. The maximum Gasteiger partial charge on any atom is 0.304 e. The van der Waals surface area contributed by atoms with Crippen molar-refractivity contribution in [3.05, 3.63) is 90.0 Å². The van der Waals surface area contributed by atoms with Gasteiger partial charge >= 0.3 is 5.97 Å². The van der Waals surface area contributed by atoms with Gasteiger partial charge in [0.15, 0.2) is 0 Å². The molecule has 1 amide bonds. The minimum absolute atomic E-state index is 0.244. The fourth-order valence-corrected chi connectivity index (χ4v) is 3.12. The SMILES string of the molecule is CN(C)C(=O)[C@@H](CC(=O)O)c1ccc(OCc2cccc(Oc3ccccc3)c2)cc1. The highest BCUT2D eigenvalue weighted by Gasteiger charge is 2.25. The third kappa shape index (κ3) is 6.34. The lowest BCUT2D eigenvalue weighted by molar-refractivity contribution is -0.141. The second-order valence-electron chi connectivity index (χ2n) is 7.30. The first-order valence-corrected chi connectivity index (χ1v) is 9.90. The number of benzene rings is 3. The molecule has 0 aliphatic rings. The summed E-state index contributed by atoms with van der Waals surface area (Å²) in [4.78, 5) is 24.9. The maximum atomic E-state index is 12.4. The van der Waals surface area contributed by atoms with Crippen LogP contribution >= 0.6 is 0 Å². The lowest BCUT2D eigenvalue weighted by Crippen LogP contribution is -2.29. The molecule has 0 spiro atoms. The number of ether oxygens (including phenoxy) is 2. The Hall–Kier alpha value is -3.80. The largest absolute Gasteiger partial charge is 0.489 e. The van der Waals surface area contributed by atoms with Gasteiger partial charge < -0.3 is 19.5 Å². The van der Waals surface area contributed by atoms with Crippen LogP contribution in [0.4, 0.5) is 0 Å². The van der Waals surface area contributed by atoms with Gasteiger partial charge in [0.25, 0.3) is 0 Å². The Bertz CT molecular complexity index is 1020. The van der Waals surface area contributed by atoms with E-state index in [1.807, 2.05) is 54.6 Å². The van der Waals surface area contributed by atoms with Gasteiger partial charge in [0.05, 0.1) is 12.3 Å². The van der Waals surface area contributed by atoms with E-state index in [1.54, 1.807) is 38.4 Å². The van der Waals surface area contributed by atoms with Gasteiger partial charge in [-0.1, -0.05) is 42.5 Å². The van der Waals surface area contributed by atoms with Gasteiger partial charge in [-0.15, -0.1) is 0 Å². The van der Waals surface area contributed by atoms with Gasteiger partial charge in [0, 0.05) is 14.1 Å². The highest BCUT2D eigenvalue weighted by atomic mass is 16.5. The Morgan fingerprint density at radius 1 is 0.871 bits per heavy atom. The molecule has 0 aliphatic carbocycles. The number of carbonyl (C=O) groups is 2. The average Bonchev–Trinajstić information content (AvgIpc) is 2.77. The minimum atomic E-state index is -1.02. The van der Waals surface area contributed by atoms with Gasteiger partial charge in [0.1, 0.15) is 23.9 Å². The molecule has 0 saturated carbocycles. The number of para-hydroxylation sites is 1. The zero-order chi connectivity index (χ0) is 22.2. The molecule has 0 aromatic heterocycles. The molecule has 6 heteroatoms. The number of likely N-dealkylation sites (N-methyl/N-ethyl adjacent to an activating group) is 1. The van der Waals surface area contributed by atoms with E-state index in [-0.39, 0.29) is 12.3 Å². The maximum absolute atomic E-state index is 12.4. The molecule has 31 heavy (non-hydrogen) atoms. The number of nitrogens with zero attached hydrogens (tertiary/aromatic N) is 1. The predicted molar refractivity (Wildman–Crippen MR) is 117 cm³/mol.